The van der Waals surface area contributed by atoms with E-state index in [1.54, 1.807) is 25.1 Å². The number of carbonyl (C=O) groups excluding carboxylic acids is 1. The van der Waals surface area contributed by atoms with Crippen LogP contribution in [0.4, 0.5) is 0 Å². The SMILES string of the molecule is C/C=C(\CCO)C(=O)O[C@]1(C)CCC[C@@H](C2=CCNC(N)=C2)[C@]12Cc1cc3ccc(=O)oc3cc1O2. The van der Waals surface area contributed by atoms with E-state index in [1.165, 1.54) is 6.07 Å². The number of hydrogen-bond donors (Lipinski definition) is 3. The highest BCUT2D eigenvalue weighted by Crippen LogP contribution is 2.55. The second-order valence-electron chi connectivity index (χ2n) is 9.96. The van der Waals surface area contributed by atoms with Gasteiger partial charge in [-0.2, -0.15) is 0 Å². The molecule has 1 fully saturated rings. The van der Waals surface area contributed by atoms with Crippen LogP contribution in [0, 0.1) is 5.92 Å². The molecule has 1 aromatic carbocycles. The van der Waals surface area contributed by atoms with Crippen LogP contribution in [0.25, 0.3) is 11.0 Å². The van der Waals surface area contributed by atoms with E-state index in [0.29, 0.717) is 42.1 Å². The zero-order chi connectivity index (χ0) is 25.5. The predicted molar refractivity (Wildman–Crippen MR) is 135 cm³/mol. The number of ether oxygens (including phenoxy) is 2. The van der Waals surface area contributed by atoms with E-state index in [2.05, 4.69) is 11.4 Å². The molecule has 8 heteroatoms. The molecule has 2 aliphatic heterocycles. The van der Waals surface area contributed by atoms with E-state index in [-0.39, 0.29) is 18.9 Å². The first-order chi connectivity index (χ1) is 17.3. The van der Waals surface area contributed by atoms with Gasteiger partial charge >= 0.3 is 11.6 Å². The van der Waals surface area contributed by atoms with Gasteiger partial charge in [0.15, 0.2) is 5.60 Å². The van der Waals surface area contributed by atoms with Crippen molar-refractivity contribution in [2.75, 3.05) is 13.2 Å². The Bertz CT molecular complexity index is 1360. The number of aliphatic hydroxyl groups excluding tert-OH is 1. The number of rotatable bonds is 5. The second-order valence-corrected chi connectivity index (χ2v) is 9.96. The molecule has 0 saturated heterocycles. The lowest BCUT2D eigenvalue weighted by molar-refractivity contribution is -0.198. The maximum absolute atomic E-state index is 13.3. The molecular weight excluding hydrogens is 460 g/mol. The molecule has 1 aliphatic carbocycles. The lowest BCUT2D eigenvalue weighted by Gasteiger charge is -2.53. The summed E-state index contributed by atoms with van der Waals surface area (Å²) in [5.74, 6) is 0.687. The summed E-state index contributed by atoms with van der Waals surface area (Å²) >= 11 is 0. The largest absolute Gasteiger partial charge is 0.482 e. The van der Waals surface area contributed by atoms with E-state index in [9.17, 15) is 14.7 Å². The molecule has 1 spiro atoms. The zero-order valence-electron chi connectivity index (χ0n) is 20.6. The predicted octanol–water partition coefficient (Wildman–Crippen LogP) is 3.23. The van der Waals surface area contributed by atoms with Crippen molar-refractivity contribution in [1.82, 2.24) is 5.32 Å². The van der Waals surface area contributed by atoms with Crippen LogP contribution >= 0.6 is 0 Å². The summed E-state index contributed by atoms with van der Waals surface area (Å²) in [6, 6.07) is 6.90. The van der Waals surface area contributed by atoms with E-state index >= 15 is 0 Å². The average molecular weight is 493 g/mol. The van der Waals surface area contributed by atoms with Crippen LogP contribution in [0.1, 0.15) is 45.1 Å². The highest BCUT2D eigenvalue weighted by molar-refractivity contribution is 5.89. The Labute approximate surface area is 209 Å². The number of hydrogen-bond acceptors (Lipinski definition) is 8. The van der Waals surface area contributed by atoms with E-state index in [1.807, 2.05) is 19.1 Å². The van der Waals surface area contributed by atoms with Crippen LogP contribution in [-0.2, 0) is 16.0 Å². The molecule has 0 amide bonds. The summed E-state index contributed by atoms with van der Waals surface area (Å²) in [5.41, 5.74) is 6.77. The van der Waals surface area contributed by atoms with Crippen LogP contribution in [0.3, 0.4) is 0 Å². The molecule has 3 heterocycles. The maximum Gasteiger partial charge on any atom is 0.336 e. The number of nitrogens with one attached hydrogen (secondary N) is 1. The first-order valence-corrected chi connectivity index (χ1v) is 12.4. The minimum Gasteiger partial charge on any atom is -0.482 e. The molecule has 2 aromatic rings. The standard InChI is InChI=1S/C28H32N2O6/c1-3-17(9-12-31)26(33)36-27(2)10-4-5-21(18-8-11-30-24(29)14-18)28(27)16-20-13-19-6-7-25(32)34-22(19)15-23(20)35-28/h3,6-8,13-15,21,30-31H,4-5,9-12,16,29H2,1-2H3/b17-3+/t21-,27+,28+/m0/s1. The summed E-state index contributed by atoms with van der Waals surface area (Å²) in [4.78, 5) is 25.1. The summed E-state index contributed by atoms with van der Waals surface area (Å²) in [5, 5.41) is 13.4. The number of nitrogens with two attached hydrogens (primary N) is 1. The van der Waals surface area contributed by atoms with Gasteiger partial charge in [-0.15, -0.1) is 0 Å². The topological polar surface area (TPSA) is 124 Å². The molecule has 1 saturated carbocycles. The molecule has 190 valence electrons. The molecule has 5 rings (SSSR count). The number of fused-ring (bicyclic) bond motifs is 2. The highest BCUT2D eigenvalue weighted by Gasteiger charge is 2.63. The number of aliphatic hydroxyl groups is 1. The van der Waals surface area contributed by atoms with Crippen LogP contribution in [0.2, 0.25) is 0 Å². The zero-order valence-corrected chi connectivity index (χ0v) is 20.6. The molecule has 0 bridgehead atoms. The summed E-state index contributed by atoms with van der Waals surface area (Å²) in [7, 11) is 0. The van der Waals surface area contributed by atoms with Gasteiger partial charge in [0.2, 0.25) is 0 Å². The van der Waals surface area contributed by atoms with Crippen molar-refractivity contribution in [3.63, 3.8) is 0 Å². The third kappa shape index (κ3) is 3.99. The van der Waals surface area contributed by atoms with Crippen molar-refractivity contribution in [2.24, 2.45) is 11.7 Å². The molecule has 3 atom stereocenters. The normalized spacial score (nSPS) is 27.6. The number of benzene rings is 1. The average Bonchev–Trinajstić information content (AvgIpc) is 3.22. The van der Waals surface area contributed by atoms with Gasteiger partial charge in [-0.3, -0.25) is 0 Å². The van der Waals surface area contributed by atoms with E-state index in [4.69, 9.17) is 19.6 Å². The Morgan fingerprint density at radius 3 is 2.94 bits per heavy atom. The molecular formula is C28H32N2O6. The van der Waals surface area contributed by atoms with Gasteiger partial charge < -0.3 is 30.0 Å². The van der Waals surface area contributed by atoms with Gasteiger partial charge in [0.25, 0.3) is 0 Å². The molecule has 3 aliphatic rings. The Hall–Kier alpha value is -3.52. The minimum atomic E-state index is -0.961. The summed E-state index contributed by atoms with van der Waals surface area (Å²) in [6.45, 7) is 4.19. The van der Waals surface area contributed by atoms with Crippen molar-refractivity contribution in [3.05, 3.63) is 75.4 Å². The Kier molecular flexibility index (Phi) is 6.16. The van der Waals surface area contributed by atoms with Gasteiger partial charge in [-0.25, -0.2) is 9.59 Å². The monoisotopic (exact) mass is 492 g/mol. The summed E-state index contributed by atoms with van der Waals surface area (Å²) in [6.07, 6.45) is 8.80. The van der Waals surface area contributed by atoms with Crippen molar-refractivity contribution >= 4 is 16.9 Å². The second kappa shape index (κ2) is 9.17. The Morgan fingerprint density at radius 1 is 1.36 bits per heavy atom. The first-order valence-electron chi connectivity index (χ1n) is 12.4. The molecule has 1 aromatic heterocycles. The number of esters is 1. The van der Waals surface area contributed by atoms with Gasteiger partial charge in [0.05, 0.1) is 5.82 Å². The fraction of sp³-hybridized carbons (Fsp3) is 0.429. The van der Waals surface area contributed by atoms with Crippen LogP contribution in [0.5, 0.6) is 5.75 Å². The molecule has 36 heavy (non-hydrogen) atoms. The number of carbonyl (C=O) groups is 1. The van der Waals surface area contributed by atoms with Crippen molar-refractivity contribution in [1.29, 1.82) is 0 Å². The molecule has 8 nitrogen and oxygen atoms in total. The third-order valence-corrected chi connectivity index (χ3v) is 7.83. The quantitative estimate of drug-likeness (QED) is 0.330. The fourth-order valence-corrected chi connectivity index (χ4v) is 5.99. The van der Waals surface area contributed by atoms with Gasteiger partial charge in [-0.05, 0) is 62.5 Å². The van der Waals surface area contributed by atoms with Crippen LogP contribution in [0.15, 0.2) is 68.7 Å². The van der Waals surface area contributed by atoms with Crippen molar-refractivity contribution in [2.45, 2.75) is 57.2 Å². The van der Waals surface area contributed by atoms with Crippen molar-refractivity contribution < 1.29 is 23.8 Å². The van der Waals surface area contributed by atoms with Crippen LogP contribution in [-0.4, -0.2) is 35.4 Å². The van der Waals surface area contributed by atoms with Gasteiger partial charge in [-0.1, -0.05) is 12.2 Å². The number of allylic oxidation sites excluding steroid dienone is 2. The van der Waals surface area contributed by atoms with Crippen molar-refractivity contribution in [3.8, 4) is 5.75 Å². The molecule has 0 unspecified atom stereocenters. The van der Waals surface area contributed by atoms with E-state index in [0.717, 1.165) is 29.4 Å². The van der Waals surface area contributed by atoms with Gasteiger partial charge in [0.1, 0.15) is 16.9 Å². The Balaban J connectivity index is 1.61. The molecule has 0 radical (unpaired) electrons. The van der Waals surface area contributed by atoms with Crippen LogP contribution < -0.4 is 21.4 Å². The fourth-order valence-electron chi connectivity index (χ4n) is 5.99. The minimum absolute atomic E-state index is 0.0841. The highest BCUT2D eigenvalue weighted by atomic mass is 16.6. The molecule has 4 N–H and O–H groups in total. The third-order valence-electron chi connectivity index (χ3n) is 7.83. The van der Waals surface area contributed by atoms with E-state index < -0.39 is 22.8 Å². The Morgan fingerprint density at radius 2 is 2.19 bits per heavy atom. The maximum atomic E-state index is 13.3. The lowest BCUT2D eigenvalue weighted by atomic mass is 9.61. The van der Waals surface area contributed by atoms with Gasteiger partial charge in [0, 0.05) is 55.0 Å². The summed E-state index contributed by atoms with van der Waals surface area (Å²) < 4.78 is 18.6. The smallest absolute Gasteiger partial charge is 0.336 e. The first kappa shape index (κ1) is 24.2. The number of dihydropyridines is 1. The lowest BCUT2D eigenvalue weighted by Crippen LogP contribution is -2.64.